The summed E-state index contributed by atoms with van der Waals surface area (Å²) in [6, 6.07) is 7.05. The first-order valence-corrected chi connectivity index (χ1v) is 7.84. The molecule has 0 atom stereocenters. The SMILES string of the molecule is CN(C)c1ccc(NS(=O)(=O)c2cnn(CCO)c2)cc1. The zero-order valence-electron chi connectivity index (χ0n) is 11.9. The minimum atomic E-state index is -3.67. The number of hydrogen-bond donors (Lipinski definition) is 2. The summed E-state index contributed by atoms with van der Waals surface area (Å²) in [6.45, 7) is 0.160. The highest BCUT2D eigenvalue weighted by Crippen LogP contribution is 2.19. The summed E-state index contributed by atoms with van der Waals surface area (Å²) in [5.41, 5.74) is 1.46. The zero-order valence-corrected chi connectivity index (χ0v) is 12.7. The lowest BCUT2D eigenvalue weighted by molar-refractivity contribution is 0.269. The van der Waals surface area contributed by atoms with Crippen molar-refractivity contribution in [2.75, 3.05) is 30.3 Å². The van der Waals surface area contributed by atoms with E-state index >= 15 is 0 Å². The van der Waals surface area contributed by atoms with Crippen LogP contribution in [-0.4, -0.2) is 44.0 Å². The van der Waals surface area contributed by atoms with E-state index in [-0.39, 0.29) is 18.0 Å². The summed E-state index contributed by atoms with van der Waals surface area (Å²) in [4.78, 5) is 1.99. The van der Waals surface area contributed by atoms with Crippen LogP contribution in [0.3, 0.4) is 0 Å². The molecular weight excluding hydrogens is 292 g/mol. The molecule has 0 unspecified atom stereocenters. The van der Waals surface area contributed by atoms with E-state index in [0.29, 0.717) is 5.69 Å². The highest BCUT2D eigenvalue weighted by atomic mass is 32.2. The molecule has 8 heteroatoms. The molecule has 0 aliphatic rings. The van der Waals surface area contributed by atoms with Crippen LogP contribution < -0.4 is 9.62 Å². The fourth-order valence-electron chi connectivity index (χ4n) is 1.75. The van der Waals surface area contributed by atoms with E-state index in [0.717, 1.165) is 5.69 Å². The van der Waals surface area contributed by atoms with Crippen molar-refractivity contribution in [3.8, 4) is 0 Å². The minimum Gasteiger partial charge on any atom is -0.394 e. The zero-order chi connectivity index (χ0) is 15.5. The molecule has 21 heavy (non-hydrogen) atoms. The van der Waals surface area contributed by atoms with Crippen LogP contribution in [0.15, 0.2) is 41.6 Å². The molecule has 0 aliphatic heterocycles. The van der Waals surface area contributed by atoms with Gasteiger partial charge >= 0.3 is 0 Å². The van der Waals surface area contributed by atoms with Crippen molar-refractivity contribution in [2.24, 2.45) is 0 Å². The van der Waals surface area contributed by atoms with Gasteiger partial charge in [-0.3, -0.25) is 9.40 Å². The molecule has 2 rings (SSSR count). The van der Waals surface area contributed by atoms with Crippen LogP contribution in [0.5, 0.6) is 0 Å². The fraction of sp³-hybridized carbons (Fsp3) is 0.308. The maximum atomic E-state index is 12.2. The van der Waals surface area contributed by atoms with Crippen molar-refractivity contribution in [1.82, 2.24) is 9.78 Å². The predicted molar refractivity (Wildman–Crippen MR) is 80.9 cm³/mol. The second-order valence-electron chi connectivity index (χ2n) is 4.71. The highest BCUT2D eigenvalue weighted by Gasteiger charge is 2.16. The summed E-state index contributed by atoms with van der Waals surface area (Å²) in [6.07, 6.45) is 2.64. The van der Waals surface area contributed by atoms with Crippen LogP contribution in [0, 0.1) is 0 Å². The second-order valence-corrected chi connectivity index (χ2v) is 6.39. The number of hydrogen-bond acceptors (Lipinski definition) is 5. The van der Waals surface area contributed by atoms with Gasteiger partial charge in [0.15, 0.2) is 0 Å². The minimum absolute atomic E-state index is 0.0626. The summed E-state index contributed by atoms with van der Waals surface area (Å²) >= 11 is 0. The summed E-state index contributed by atoms with van der Waals surface area (Å²) in [5, 5.41) is 12.7. The number of sulfonamides is 1. The first kappa shape index (κ1) is 15.3. The van der Waals surface area contributed by atoms with Crippen LogP contribution in [0.4, 0.5) is 11.4 Å². The molecular formula is C13H18N4O3S. The lowest BCUT2D eigenvalue weighted by atomic mass is 10.3. The molecule has 0 radical (unpaired) electrons. The molecule has 1 aromatic carbocycles. The van der Waals surface area contributed by atoms with Crippen molar-refractivity contribution in [3.05, 3.63) is 36.7 Å². The number of nitrogens with one attached hydrogen (secondary N) is 1. The highest BCUT2D eigenvalue weighted by molar-refractivity contribution is 7.92. The fourth-order valence-corrected chi connectivity index (χ4v) is 2.76. The van der Waals surface area contributed by atoms with Gasteiger partial charge in [-0.2, -0.15) is 5.10 Å². The molecule has 1 heterocycles. The van der Waals surface area contributed by atoms with Crippen molar-refractivity contribution in [1.29, 1.82) is 0 Å². The van der Waals surface area contributed by atoms with Gasteiger partial charge in [0.05, 0.1) is 19.3 Å². The molecule has 114 valence electrons. The largest absolute Gasteiger partial charge is 0.394 e. The summed E-state index contributed by atoms with van der Waals surface area (Å²) in [7, 11) is 0.150. The smallest absolute Gasteiger partial charge is 0.265 e. The number of rotatable bonds is 6. The van der Waals surface area contributed by atoms with Gasteiger partial charge in [-0.15, -0.1) is 0 Å². The molecule has 0 amide bonds. The van der Waals surface area contributed by atoms with E-state index in [4.69, 9.17) is 5.11 Å². The monoisotopic (exact) mass is 310 g/mol. The van der Waals surface area contributed by atoms with E-state index < -0.39 is 10.0 Å². The van der Waals surface area contributed by atoms with Crippen molar-refractivity contribution in [2.45, 2.75) is 11.4 Å². The van der Waals surface area contributed by atoms with E-state index in [1.165, 1.54) is 17.1 Å². The number of anilines is 2. The van der Waals surface area contributed by atoms with Gasteiger partial charge in [0, 0.05) is 31.7 Å². The number of benzene rings is 1. The maximum Gasteiger partial charge on any atom is 0.265 e. The molecule has 0 spiro atoms. The van der Waals surface area contributed by atoms with Gasteiger partial charge < -0.3 is 10.0 Å². The van der Waals surface area contributed by atoms with Gasteiger partial charge in [0.25, 0.3) is 10.0 Å². The van der Waals surface area contributed by atoms with E-state index in [2.05, 4.69) is 9.82 Å². The van der Waals surface area contributed by atoms with E-state index in [9.17, 15) is 8.42 Å². The first-order chi connectivity index (χ1) is 9.92. The molecule has 0 saturated carbocycles. The average Bonchev–Trinajstić information content (AvgIpc) is 2.89. The molecule has 2 aromatic rings. The number of aliphatic hydroxyl groups is 1. The van der Waals surface area contributed by atoms with Gasteiger partial charge in [-0.05, 0) is 24.3 Å². The normalized spacial score (nSPS) is 11.4. The summed E-state index contributed by atoms with van der Waals surface area (Å²) < 4.78 is 28.3. The third-order valence-corrected chi connectivity index (χ3v) is 4.22. The summed E-state index contributed by atoms with van der Waals surface area (Å²) in [5.74, 6) is 0. The third kappa shape index (κ3) is 3.73. The molecule has 2 N–H and O–H groups in total. The van der Waals surface area contributed by atoms with Crippen LogP contribution in [0.1, 0.15) is 0 Å². The Labute approximate surface area is 123 Å². The number of aromatic nitrogens is 2. The second kappa shape index (κ2) is 6.15. The van der Waals surface area contributed by atoms with Crippen LogP contribution in [0.2, 0.25) is 0 Å². The van der Waals surface area contributed by atoms with E-state index in [1.54, 1.807) is 12.1 Å². The van der Waals surface area contributed by atoms with E-state index in [1.807, 2.05) is 31.1 Å². The number of nitrogens with zero attached hydrogens (tertiary/aromatic N) is 3. The molecule has 0 fully saturated rings. The third-order valence-electron chi connectivity index (χ3n) is 2.88. The van der Waals surface area contributed by atoms with Crippen LogP contribution in [0.25, 0.3) is 0 Å². The topological polar surface area (TPSA) is 87.5 Å². The Kier molecular flexibility index (Phi) is 4.49. The van der Waals surface area contributed by atoms with Gasteiger partial charge in [-0.1, -0.05) is 0 Å². The van der Waals surface area contributed by atoms with Crippen LogP contribution >= 0.6 is 0 Å². The predicted octanol–water partition coefficient (Wildman–Crippen LogP) is 0.742. The van der Waals surface area contributed by atoms with Gasteiger partial charge in [-0.25, -0.2) is 8.42 Å². The quantitative estimate of drug-likeness (QED) is 0.822. The Morgan fingerprint density at radius 1 is 1.29 bits per heavy atom. The molecule has 0 saturated heterocycles. The molecule has 1 aromatic heterocycles. The van der Waals surface area contributed by atoms with Crippen LogP contribution in [-0.2, 0) is 16.6 Å². The molecule has 7 nitrogen and oxygen atoms in total. The van der Waals surface area contributed by atoms with Gasteiger partial charge in [0.2, 0.25) is 0 Å². The maximum absolute atomic E-state index is 12.2. The van der Waals surface area contributed by atoms with Crippen molar-refractivity contribution < 1.29 is 13.5 Å². The Balaban J connectivity index is 2.16. The average molecular weight is 310 g/mol. The Morgan fingerprint density at radius 2 is 1.95 bits per heavy atom. The lowest BCUT2D eigenvalue weighted by Gasteiger charge is -2.13. The molecule has 0 aliphatic carbocycles. The van der Waals surface area contributed by atoms with Crippen molar-refractivity contribution >= 4 is 21.4 Å². The first-order valence-electron chi connectivity index (χ1n) is 6.36. The van der Waals surface area contributed by atoms with Gasteiger partial charge in [0.1, 0.15) is 4.90 Å². The standard InChI is InChI=1S/C13H18N4O3S/c1-16(2)12-5-3-11(4-6-12)15-21(19,20)13-9-14-17(10-13)7-8-18/h3-6,9-10,15,18H,7-8H2,1-2H3. The lowest BCUT2D eigenvalue weighted by Crippen LogP contribution is -2.13. The Hall–Kier alpha value is -2.06. The number of aliphatic hydroxyl groups excluding tert-OH is 1. The molecule has 0 bridgehead atoms. The van der Waals surface area contributed by atoms with Crippen molar-refractivity contribution in [3.63, 3.8) is 0 Å². The Bertz CT molecular complexity index is 692. The Morgan fingerprint density at radius 3 is 2.52 bits per heavy atom.